The van der Waals surface area contributed by atoms with Gasteiger partial charge >= 0.3 is 0 Å². The van der Waals surface area contributed by atoms with Gasteiger partial charge in [-0.1, -0.05) is 60.7 Å². The van der Waals surface area contributed by atoms with E-state index in [4.69, 9.17) is 0 Å². The number of hydrogen-bond acceptors (Lipinski definition) is 3. The zero-order valence-electron chi connectivity index (χ0n) is 15.5. The first kappa shape index (κ1) is 16.9. The predicted octanol–water partition coefficient (Wildman–Crippen LogP) is 3.03. The van der Waals surface area contributed by atoms with E-state index in [-0.39, 0.29) is 22.9 Å². The first-order chi connectivity index (χ1) is 13.7. The maximum Gasteiger partial charge on any atom is 0.267 e. The summed E-state index contributed by atoms with van der Waals surface area (Å²) in [5.41, 5.74) is 2.37. The van der Waals surface area contributed by atoms with E-state index < -0.39 is 0 Å². The van der Waals surface area contributed by atoms with E-state index in [2.05, 4.69) is 5.10 Å². The third kappa shape index (κ3) is 2.74. The maximum absolute atomic E-state index is 13.1. The van der Waals surface area contributed by atoms with Crippen molar-refractivity contribution >= 4 is 5.91 Å². The minimum atomic E-state index is -0.351. The molecular weight excluding hydrogens is 350 g/mol. The molecule has 1 aliphatic carbocycles. The molecule has 2 fully saturated rings. The standard InChI is InChI=1S/C23H21N3O2/c27-21-12-11-20(17-7-3-1-4-8-17)24-26(21)19-15-25(16-19)22(28)23(13-14-23)18-9-5-2-6-10-18/h1-12,19H,13-16H2. The van der Waals surface area contributed by atoms with Crippen LogP contribution in [-0.4, -0.2) is 33.7 Å². The Bertz CT molecular complexity index is 1070. The lowest BCUT2D eigenvalue weighted by atomic mass is 9.92. The Morgan fingerprint density at radius 2 is 1.54 bits per heavy atom. The first-order valence-corrected chi connectivity index (χ1v) is 9.68. The number of carbonyl (C=O) groups excluding carboxylic acids is 1. The van der Waals surface area contributed by atoms with E-state index in [1.54, 1.807) is 12.1 Å². The Labute approximate surface area is 163 Å². The van der Waals surface area contributed by atoms with Crippen LogP contribution >= 0.6 is 0 Å². The highest BCUT2D eigenvalue weighted by Gasteiger charge is 2.54. The van der Waals surface area contributed by atoms with Crippen molar-refractivity contribution in [1.29, 1.82) is 0 Å². The Morgan fingerprint density at radius 3 is 2.18 bits per heavy atom. The molecule has 1 aliphatic heterocycles. The molecule has 3 aromatic rings. The van der Waals surface area contributed by atoms with Crippen LogP contribution in [0.1, 0.15) is 24.4 Å². The van der Waals surface area contributed by atoms with Crippen molar-refractivity contribution in [3.05, 3.63) is 88.7 Å². The van der Waals surface area contributed by atoms with E-state index in [0.29, 0.717) is 13.1 Å². The lowest BCUT2D eigenvalue weighted by Crippen LogP contribution is -2.56. The zero-order chi connectivity index (χ0) is 19.1. The third-order valence-electron chi connectivity index (χ3n) is 5.88. The highest BCUT2D eigenvalue weighted by atomic mass is 16.2. The summed E-state index contributed by atoms with van der Waals surface area (Å²) >= 11 is 0. The lowest BCUT2D eigenvalue weighted by Gasteiger charge is -2.41. The SMILES string of the molecule is O=C(N1CC(n2nc(-c3ccccc3)ccc2=O)C1)C1(c2ccccc2)CC1. The molecule has 2 aromatic carbocycles. The number of aromatic nitrogens is 2. The molecule has 1 amide bonds. The lowest BCUT2D eigenvalue weighted by molar-refractivity contribution is -0.140. The van der Waals surface area contributed by atoms with Crippen LogP contribution in [0.25, 0.3) is 11.3 Å². The highest BCUT2D eigenvalue weighted by Crippen LogP contribution is 2.50. The molecular formula is C23H21N3O2. The molecule has 1 saturated carbocycles. The van der Waals surface area contributed by atoms with Gasteiger partial charge in [0.15, 0.2) is 0 Å². The van der Waals surface area contributed by atoms with E-state index in [0.717, 1.165) is 29.7 Å². The van der Waals surface area contributed by atoms with Crippen molar-refractivity contribution in [2.24, 2.45) is 0 Å². The molecule has 5 nitrogen and oxygen atoms in total. The van der Waals surface area contributed by atoms with E-state index in [1.165, 1.54) is 4.68 Å². The van der Waals surface area contributed by atoms with Crippen molar-refractivity contribution in [3.8, 4) is 11.3 Å². The Kier molecular flexibility index (Phi) is 3.90. The number of carbonyl (C=O) groups is 1. The molecule has 0 radical (unpaired) electrons. The van der Waals surface area contributed by atoms with Crippen LogP contribution in [0.5, 0.6) is 0 Å². The van der Waals surface area contributed by atoms with E-state index in [1.807, 2.05) is 65.6 Å². The summed E-state index contributed by atoms with van der Waals surface area (Å²) in [4.78, 5) is 27.3. The van der Waals surface area contributed by atoms with Crippen molar-refractivity contribution < 1.29 is 4.79 Å². The van der Waals surface area contributed by atoms with Crippen LogP contribution in [0.15, 0.2) is 77.6 Å². The summed E-state index contributed by atoms with van der Waals surface area (Å²) in [7, 11) is 0. The fraction of sp³-hybridized carbons (Fsp3) is 0.261. The smallest absolute Gasteiger partial charge is 0.267 e. The van der Waals surface area contributed by atoms with Gasteiger partial charge in [0.05, 0.1) is 17.2 Å². The van der Waals surface area contributed by atoms with Crippen LogP contribution in [-0.2, 0) is 10.2 Å². The van der Waals surface area contributed by atoms with Gasteiger partial charge in [-0.2, -0.15) is 5.10 Å². The first-order valence-electron chi connectivity index (χ1n) is 9.68. The Balaban J connectivity index is 1.34. The summed E-state index contributed by atoms with van der Waals surface area (Å²) < 4.78 is 1.54. The quantitative estimate of drug-likeness (QED) is 0.708. The van der Waals surface area contributed by atoms with Crippen molar-refractivity contribution in [1.82, 2.24) is 14.7 Å². The average molecular weight is 371 g/mol. The Hall–Kier alpha value is -3.21. The number of benzene rings is 2. The van der Waals surface area contributed by atoms with Gasteiger partial charge in [0.25, 0.3) is 5.56 Å². The van der Waals surface area contributed by atoms with Gasteiger partial charge < -0.3 is 4.90 Å². The highest BCUT2D eigenvalue weighted by molar-refractivity contribution is 5.91. The minimum Gasteiger partial charge on any atom is -0.337 e. The van der Waals surface area contributed by atoms with Gasteiger partial charge in [-0.3, -0.25) is 9.59 Å². The summed E-state index contributed by atoms with van der Waals surface area (Å²) in [6.07, 6.45) is 1.80. The molecule has 5 heteroatoms. The van der Waals surface area contributed by atoms with Gasteiger partial charge in [-0.25, -0.2) is 4.68 Å². The molecule has 2 heterocycles. The predicted molar refractivity (Wildman–Crippen MR) is 107 cm³/mol. The van der Waals surface area contributed by atoms with Gasteiger partial charge in [0.2, 0.25) is 5.91 Å². The summed E-state index contributed by atoms with van der Waals surface area (Å²) in [5.74, 6) is 0.183. The molecule has 0 unspecified atom stereocenters. The van der Waals surface area contributed by atoms with Crippen LogP contribution in [0.3, 0.4) is 0 Å². The van der Waals surface area contributed by atoms with Crippen molar-refractivity contribution in [3.63, 3.8) is 0 Å². The molecule has 1 aromatic heterocycles. The zero-order valence-corrected chi connectivity index (χ0v) is 15.5. The molecule has 28 heavy (non-hydrogen) atoms. The number of amides is 1. The molecule has 0 N–H and O–H groups in total. The molecule has 5 rings (SSSR count). The van der Waals surface area contributed by atoms with Crippen molar-refractivity contribution in [2.45, 2.75) is 24.3 Å². The van der Waals surface area contributed by atoms with Crippen LogP contribution in [0.4, 0.5) is 0 Å². The van der Waals surface area contributed by atoms with Gasteiger partial charge in [-0.05, 0) is 24.5 Å². The fourth-order valence-electron chi connectivity index (χ4n) is 4.04. The van der Waals surface area contributed by atoms with Gasteiger partial charge in [0, 0.05) is 24.7 Å². The molecule has 0 bridgehead atoms. The number of hydrogen-bond donors (Lipinski definition) is 0. The molecule has 1 saturated heterocycles. The summed E-state index contributed by atoms with van der Waals surface area (Å²) in [6.45, 7) is 1.08. The summed E-state index contributed by atoms with van der Waals surface area (Å²) in [5, 5.41) is 4.56. The Morgan fingerprint density at radius 1 is 0.893 bits per heavy atom. The largest absolute Gasteiger partial charge is 0.337 e. The minimum absolute atomic E-state index is 0.0633. The molecule has 0 atom stereocenters. The molecule has 2 aliphatic rings. The van der Waals surface area contributed by atoms with Gasteiger partial charge in [-0.15, -0.1) is 0 Å². The second kappa shape index (κ2) is 6.44. The second-order valence-electron chi connectivity index (χ2n) is 7.68. The van der Waals surface area contributed by atoms with Gasteiger partial charge in [0.1, 0.15) is 0 Å². The number of likely N-dealkylation sites (tertiary alicyclic amines) is 1. The molecule has 140 valence electrons. The molecule has 0 spiro atoms. The van der Waals surface area contributed by atoms with E-state index >= 15 is 0 Å². The third-order valence-corrected chi connectivity index (χ3v) is 5.88. The normalized spacial score (nSPS) is 17.8. The maximum atomic E-state index is 13.1. The second-order valence-corrected chi connectivity index (χ2v) is 7.68. The van der Waals surface area contributed by atoms with Crippen molar-refractivity contribution in [2.75, 3.05) is 13.1 Å². The fourth-order valence-corrected chi connectivity index (χ4v) is 4.04. The monoisotopic (exact) mass is 371 g/mol. The number of rotatable bonds is 4. The van der Waals surface area contributed by atoms with Crippen LogP contribution in [0, 0.1) is 0 Å². The average Bonchev–Trinajstić information content (AvgIpc) is 3.52. The number of nitrogens with zero attached hydrogens (tertiary/aromatic N) is 3. The van der Waals surface area contributed by atoms with E-state index in [9.17, 15) is 9.59 Å². The summed E-state index contributed by atoms with van der Waals surface area (Å²) in [6, 6.07) is 23.1. The topological polar surface area (TPSA) is 55.2 Å². The van der Waals surface area contributed by atoms with Crippen LogP contribution < -0.4 is 5.56 Å². The van der Waals surface area contributed by atoms with Crippen LogP contribution in [0.2, 0.25) is 0 Å².